The molecule has 104 valence electrons. The van der Waals surface area contributed by atoms with Crippen molar-refractivity contribution in [3.05, 3.63) is 52.9 Å². The standard InChI is InChI=1S/C14H14N2O4/c1-9-8-16-20-12(9)13(17)15-7-6-10-4-2-3-5-11(10)14(18)19/h2-5,8H,6-7H2,1H3,(H,15,17)(H,18,19). The van der Waals surface area contributed by atoms with Gasteiger partial charge in [-0.15, -0.1) is 0 Å². The van der Waals surface area contributed by atoms with Crippen LogP contribution in [-0.4, -0.2) is 28.7 Å². The summed E-state index contributed by atoms with van der Waals surface area (Å²) in [5, 5.41) is 15.3. The van der Waals surface area contributed by atoms with E-state index in [0.29, 0.717) is 24.1 Å². The molecule has 2 aromatic rings. The summed E-state index contributed by atoms with van der Waals surface area (Å²) in [5.41, 5.74) is 1.58. The van der Waals surface area contributed by atoms with Crippen molar-refractivity contribution in [2.45, 2.75) is 13.3 Å². The number of aromatic nitrogens is 1. The van der Waals surface area contributed by atoms with Gasteiger partial charge in [0.1, 0.15) is 0 Å². The van der Waals surface area contributed by atoms with Crippen molar-refractivity contribution >= 4 is 11.9 Å². The molecule has 1 amide bonds. The van der Waals surface area contributed by atoms with E-state index in [2.05, 4.69) is 10.5 Å². The Hall–Kier alpha value is -2.63. The highest BCUT2D eigenvalue weighted by atomic mass is 16.5. The molecule has 6 heteroatoms. The molecule has 1 aromatic carbocycles. The number of carboxylic acid groups (broad SMARTS) is 1. The first kappa shape index (κ1) is 13.8. The van der Waals surface area contributed by atoms with Gasteiger partial charge >= 0.3 is 5.97 Å². The van der Waals surface area contributed by atoms with Crippen LogP contribution in [0.2, 0.25) is 0 Å². The Labute approximate surface area is 115 Å². The van der Waals surface area contributed by atoms with Gasteiger partial charge in [0.2, 0.25) is 5.76 Å². The lowest BCUT2D eigenvalue weighted by atomic mass is 10.0. The van der Waals surface area contributed by atoms with Crippen LogP contribution in [0.15, 0.2) is 35.0 Å². The van der Waals surface area contributed by atoms with Gasteiger partial charge in [-0.2, -0.15) is 0 Å². The van der Waals surface area contributed by atoms with Crippen LogP contribution in [0.1, 0.15) is 32.0 Å². The number of carboxylic acids is 1. The minimum atomic E-state index is -0.974. The zero-order chi connectivity index (χ0) is 14.5. The molecule has 20 heavy (non-hydrogen) atoms. The van der Waals surface area contributed by atoms with E-state index >= 15 is 0 Å². The maximum Gasteiger partial charge on any atom is 0.335 e. The maximum absolute atomic E-state index is 11.8. The van der Waals surface area contributed by atoms with E-state index in [-0.39, 0.29) is 17.2 Å². The molecule has 1 heterocycles. The second kappa shape index (κ2) is 6.01. The number of carbonyl (C=O) groups is 2. The number of rotatable bonds is 5. The number of nitrogens with one attached hydrogen (secondary N) is 1. The molecular formula is C14H14N2O4. The summed E-state index contributed by atoms with van der Waals surface area (Å²) in [7, 11) is 0. The molecule has 0 radical (unpaired) electrons. The fourth-order valence-corrected chi connectivity index (χ4v) is 1.85. The molecule has 0 unspecified atom stereocenters. The Morgan fingerprint density at radius 1 is 1.35 bits per heavy atom. The van der Waals surface area contributed by atoms with Crippen LogP contribution in [0.5, 0.6) is 0 Å². The van der Waals surface area contributed by atoms with Crippen LogP contribution in [0.25, 0.3) is 0 Å². The Morgan fingerprint density at radius 2 is 2.10 bits per heavy atom. The number of nitrogens with zero attached hydrogens (tertiary/aromatic N) is 1. The minimum absolute atomic E-state index is 0.177. The topological polar surface area (TPSA) is 92.4 Å². The van der Waals surface area contributed by atoms with Crippen molar-refractivity contribution in [3.8, 4) is 0 Å². The fourth-order valence-electron chi connectivity index (χ4n) is 1.85. The Kier molecular flexibility index (Phi) is 4.14. The molecule has 2 N–H and O–H groups in total. The minimum Gasteiger partial charge on any atom is -0.478 e. The van der Waals surface area contributed by atoms with Crippen molar-refractivity contribution in [1.82, 2.24) is 10.5 Å². The van der Waals surface area contributed by atoms with E-state index in [1.54, 1.807) is 31.2 Å². The Bertz CT molecular complexity index is 634. The summed E-state index contributed by atoms with van der Waals surface area (Å²) in [6, 6.07) is 6.71. The number of hydrogen-bond donors (Lipinski definition) is 2. The monoisotopic (exact) mass is 274 g/mol. The molecule has 0 saturated heterocycles. The molecule has 6 nitrogen and oxygen atoms in total. The lowest BCUT2D eigenvalue weighted by Crippen LogP contribution is -2.26. The van der Waals surface area contributed by atoms with E-state index in [9.17, 15) is 9.59 Å². The molecule has 1 aromatic heterocycles. The van der Waals surface area contributed by atoms with Gasteiger partial charge in [-0.1, -0.05) is 23.4 Å². The third-order valence-corrected chi connectivity index (χ3v) is 2.88. The summed E-state index contributed by atoms with van der Waals surface area (Å²) < 4.78 is 4.83. The molecular weight excluding hydrogens is 260 g/mol. The van der Waals surface area contributed by atoms with Crippen molar-refractivity contribution in [1.29, 1.82) is 0 Å². The van der Waals surface area contributed by atoms with Gasteiger partial charge < -0.3 is 14.9 Å². The van der Waals surface area contributed by atoms with Gasteiger partial charge in [-0.05, 0) is 25.0 Å². The number of hydrogen-bond acceptors (Lipinski definition) is 4. The van der Waals surface area contributed by atoms with Crippen LogP contribution in [0, 0.1) is 6.92 Å². The summed E-state index contributed by atoms with van der Waals surface area (Å²) in [4.78, 5) is 22.8. The van der Waals surface area contributed by atoms with E-state index in [0.717, 1.165) is 0 Å². The first-order chi connectivity index (χ1) is 9.59. The summed E-state index contributed by atoms with van der Waals surface area (Å²) in [6.45, 7) is 2.05. The highest BCUT2D eigenvalue weighted by Crippen LogP contribution is 2.09. The van der Waals surface area contributed by atoms with E-state index in [4.69, 9.17) is 9.63 Å². The second-order valence-corrected chi connectivity index (χ2v) is 4.31. The van der Waals surface area contributed by atoms with E-state index in [1.165, 1.54) is 6.20 Å². The fraction of sp³-hybridized carbons (Fsp3) is 0.214. The van der Waals surface area contributed by atoms with Gasteiger partial charge in [0.25, 0.3) is 5.91 Å². The maximum atomic E-state index is 11.8. The molecule has 2 rings (SSSR count). The Morgan fingerprint density at radius 3 is 2.75 bits per heavy atom. The van der Waals surface area contributed by atoms with Gasteiger partial charge in [-0.3, -0.25) is 4.79 Å². The number of carbonyl (C=O) groups excluding carboxylic acids is 1. The highest BCUT2D eigenvalue weighted by molar-refractivity contribution is 5.92. The summed E-state index contributed by atoms with van der Waals surface area (Å²) in [6.07, 6.45) is 1.90. The van der Waals surface area contributed by atoms with Crippen molar-refractivity contribution in [3.63, 3.8) is 0 Å². The third-order valence-electron chi connectivity index (χ3n) is 2.88. The SMILES string of the molecule is Cc1cnoc1C(=O)NCCc1ccccc1C(=O)O. The van der Waals surface area contributed by atoms with Crippen LogP contribution < -0.4 is 5.32 Å². The molecule has 0 aliphatic rings. The smallest absolute Gasteiger partial charge is 0.335 e. The zero-order valence-electron chi connectivity index (χ0n) is 10.9. The first-order valence-corrected chi connectivity index (χ1v) is 6.10. The lowest BCUT2D eigenvalue weighted by Gasteiger charge is -2.06. The van der Waals surface area contributed by atoms with Gasteiger partial charge in [0.15, 0.2) is 0 Å². The average Bonchev–Trinajstić information content (AvgIpc) is 2.85. The van der Waals surface area contributed by atoms with Gasteiger partial charge in [0, 0.05) is 12.1 Å². The van der Waals surface area contributed by atoms with Crippen molar-refractivity contribution in [2.75, 3.05) is 6.54 Å². The van der Waals surface area contributed by atoms with Gasteiger partial charge in [0.05, 0.1) is 11.8 Å². The molecule has 0 fully saturated rings. The molecule has 0 bridgehead atoms. The number of aromatic carboxylic acids is 1. The number of aryl methyl sites for hydroxylation is 1. The van der Waals surface area contributed by atoms with Crippen molar-refractivity contribution < 1.29 is 19.2 Å². The molecule has 0 spiro atoms. The zero-order valence-corrected chi connectivity index (χ0v) is 10.9. The van der Waals surface area contributed by atoms with E-state index in [1.807, 2.05) is 0 Å². The van der Waals surface area contributed by atoms with Crippen LogP contribution in [0.4, 0.5) is 0 Å². The second-order valence-electron chi connectivity index (χ2n) is 4.31. The Balaban J connectivity index is 1.95. The van der Waals surface area contributed by atoms with Crippen LogP contribution >= 0.6 is 0 Å². The van der Waals surface area contributed by atoms with Crippen molar-refractivity contribution in [2.24, 2.45) is 0 Å². The van der Waals surface area contributed by atoms with E-state index < -0.39 is 5.97 Å². The number of benzene rings is 1. The third kappa shape index (κ3) is 3.03. The molecule has 0 aliphatic carbocycles. The summed E-state index contributed by atoms with van der Waals surface area (Å²) >= 11 is 0. The predicted octanol–water partition coefficient (Wildman–Crippen LogP) is 1.65. The summed E-state index contributed by atoms with van der Waals surface area (Å²) in [5.74, 6) is -1.15. The van der Waals surface area contributed by atoms with Crippen LogP contribution in [-0.2, 0) is 6.42 Å². The lowest BCUT2D eigenvalue weighted by molar-refractivity contribution is 0.0695. The number of amides is 1. The van der Waals surface area contributed by atoms with Crippen LogP contribution in [0.3, 0.4) is 0 Å². The van der Waals surface area contributed by atoms with Gasteiger partial charge in [-0.25, -0.2) is 4.79 Å². The largest absolute Gasteiger partial charge is 0.478 e. The average molecular weight is 274 g/mol. The molecule has 0 saturated carbocycles. The first-order valence-electron chi connectivity index (χ1n) is 6.10. The highest BCUT2D eigenvalue weighted by Gasteiger charge is 2.14. The molecule has 0 aliphatic heterocycles. The quantitative estimate of drug-likeness (QED) is 0.864. The molecule has 0 atom stereocenters. The predicted molar refractivity (Wildman–Crippen MR) is 70.7 cm³/mol. The normalized spacial score (nSPS) is 10.2.